The molecule has 1 saturated carbocycles. The van der Waals surface area contributed by atoms with E-state index in [2.05, 4.69) is 24.1 Å². The van der Waals surface area contributed by atoms with Crippen molar-refractivity contribution in [1.82, 2.24) is 10.2 Å². The van der Waals surface area contributed by atoms with Crippen LogP contribution in [0.2, 0.25) is 0 Å². The van der Waals surface area contributed by atoms with Gasteiger partial charge in [-0.05, 0) is 44.2 Å². The fourth-order valence-corrected chi connectivity index (χ4v) is 2.68. The van der Waals surface area contributed by atoms with Crippen LogP contribution in [0.3, 0.4) is 0 Å². The van der Waals surface area contributed by atoms with Crippen molar-refractivity contribution in [2.45, 2.75) is 45.6 Å². The fraction of sp³-hybridized carbons (Fsp3) is 1.00. The van der Waals surface area contributed by atoms with E-state index in [1.165, 1.54) is 51.9 Å². The average Bonchev–Trinajstić information content (AvgIpc) is 2.99. The average molecular weight is 196 g/mol. The maximum Gasteiger partial charge on any atom is 0.00965 e. The van der Waals surface area contributed by atoms with Crippen LogP contribution in [-0.2, 0) is 0 Å². The lowest BCUT2D eigenvalue weighted by molar-refractivity contribution is 0.131. The van der Waals surface area contributed by atoms with E-state index in [0.29, 0.717) is 5.41 Å². The van der Waals surface area contributed by atoms with Crippen molar-refractivity contribution < 1.29 is 0 Å². The Morgan fingerprint density at radius 1 is 1.43 bits per heavy atom. The Kier molecular flexibility index (Phi) is 3.13. The molecule has 0 spiro atoms. The highest BCUT2D eigenvalue weighted by Gasteiger charge is 2.34. The predicted molar refractivity (Wildman–Crippen MR) is 60.5 cm³/mol. The minimum Gasteiger partial charge on any atom is -0.316 e. The van der Waals surface area contributed by atoms with Gasteiger partial charge in [-0.3, -0.25) is 0 Å². The molecule has 2 heteroatoms. The van der Waals surface area contributed by atoms with Gasteiger partial charge in [0.15, 0.2) is 0 Å². The van der Waals surface area contributed by atoms with Gasteiger partial charge < -0.3 is 10.2 Å². The molecule has 0 radical (unpaired) electrons. The summed E-state index contributed by atoms with van der Waals surface area (Å²) >= 11 is 0. The summed E-state index contributed by atoms with van der Waals surface area (Å²) < 4.78 is 0. The van der Waals surface area contributed by atoms with Crippen LogP contribution in [-0.4, -0.2) is 37.1 Å². The quantitative estimate of drug-likeness (QED) is 0.738. The SMILES string of the molecule is CCN(CC1(C)CCCNC1)C1CC1. The Balaban J connectivity index is 1.86. The highest BCUT2D eigenvalue weighted by atomic mass is 15.2. The fourth-order valence-electron chi connectivity index (χ4n) is 2.68. The summed E-state index contributed by atoms with van der Waals surface area (Å²) in [5, 5.41) is 3.54. The molecule has 1 heterocycles. The molecule has 1 atom stereocenters. The van der Waals surface area contributed by atoms with Gasteiger partial charge in [0.2, 0.25) is 0 Å². The second-order valence-corrected chi connectivity index (χ2v) is 5.39. The van der Waals surface area contributed by atoms with Crippen LogP contribution in [0, 0.1) is 5.41 Å². The van der Waals surface area contributed by atoms with E-state index in [9.17, 15) is 0 Å². The van der Waals surface area contributed by atoms with E-state index >= 15 is 0 Å². The standard InChI is InChI=1S/C12H24N2/c1-3-14(11-5-6-11)10-12(2)7-4-8-13-9-12/h11,13H,3-10H2,1-2H3. The summed E-state index contributed by atoms with van der Waals surface area (Å²) in [7, 11) is 0. The molecule has 1 aliphatic carbocycles. The zero-order valence-corrected chi connectivity index (χ0v) is 9.68. The van der Waals surface area contributed by atoms with E-state index < -0.39 is 0 Å². The molecule has 2 fully saturated rings. The van der Waals surface area contributed by atoms with Gasteiger partial charge in [0.1, 0.15) is 0 Å². The van der Waals surface area contributed by atoms with Crippen LogP contribution < -0.4 is 5.32 Å². The minimum absolute atomic E-state index is 0.539. The Labute approximate surface area is 88.1 Å². The van der Waals surface area contributed by atoms with Gasteiger partial charge in [-0.25, -0.2) is 0 Å². The van der Waals surface area contributed by atoms with Crippen molar-refractivity contribution in [2.24, 2.45) is 5.41 Å². The molecule has 82 valence electrons. The van der Waals surface area contributed by atoms with Crippen molar-refractivity contribution in [3.63, 3.8) is 0 Å². The van der Waals surface area contributed by atoms with Gasteiger partial charge in [-0.1, -0.05) is 13.8 Å². The topological polar surface area (TPSA) is 15.3 Å². The van der Waals surface area contributed by atoms with Crippen LogP contribution in [0.25, 0.3) is 0 Å². The zero-order valence-electron chi connectivity index (χ0n) is 9.68. The molecule has 0 amide bonds. The summed E-state index contributed by atoms with van der Waals surface area (Å²) in [6, 6.07) is 0.929. The van der Waals surface area contributed by atoms with Gasteiger partial charge in [0.05, 0.1) is 0 Å². The monoisotopic (exact) mass is 196 g/mol. The van der Waals surface area contributed by atoms with E-state index in [0.717, 1.165) is 6.04 Å². The first kappa shape index (κ1) is 10.4. The highest BCUT2D eigenvalue weighted by Crippen LogP contribution is 2.32. The molecule has 1 unspecified atom stereocenters. The number of rotatable bonds is 4. The second kappa shape index (κ2) is 4.19. The third-order valence-electron chi connectivity index (χ3n) is 3.74. The maximum atomic E-state index is 3.54. The molecule has 0 aromatic carbocycles. The molecule has 0 aromatic heterocycles. The smallest absolute Gasteiger partial charge is 0.00965 e. The van der Waals surface area contributed by atoms with Crippen molar-refractivity contribution in [2.75, 3.05) is 26.2 Å². The Morgan fingerprint density at radius 3 is 2.71 bits per heavy atom. The zero-order chi connectivity index (χ0) is 10.0. The lowest BCUT2D eigenvalue weighted by atomic mass is 9.82. The lowest BCUT2D eigenvalue weighted by Gasteiger charge is -2.38. The maximum absolute atomic E-state index is 3.54. The van der Waals surface area contributed by atoms with Gasteiger partial charge in [-0.15, -0.1) is 0 Å². The number of piperidine rings is 1. The van der Waals surface area contributed by atoms with Crippen molar-refractivity contribution in [3.8, 4) is 0 Å². The second-order valence-electron chi connectivity index (χ2n) is 5.39. The molecule has 2 aliphatic rings. The van der Waals surface area contributed by atoms with Crippen LogP contribution in [0.1, 0.15) is 39.5 Å². The van der Waals surface area contributed by atoms with Crippen LogP contribution >= 0.6 is 0 Å². The van der Waals surface area contributed by atoms with Crippen molar-refractivity contribution in [3.05, 3.63) is 0 Å². The largest absolute Gasteiger partial charge is 0.316 e. The molecule has 2 rings (SSSR count). The first-order valence-corrected chi connectivity index (χ1v) is 6.18. The van der Waals surface area contributed by atoms with E-state index in [1.807, 2.05) is 0 Å². The molecule has 1 saturated heterocycles. The summed E-state index contributed by atoms with van der Waals surface area (Å²) in [4.78, 5) is 2.69. The predicted octanol–water partition coefficient (Wildman–Crippen LogP) is 1.86. The van der Waals surface area contributed by atoms with E-state index in [4.69, 9.17) is 0 Å². The number of nitrogens with zero attached hydrogens (tertiary/aromatic N) is 1. The molecule has 1 aliphatic heterocycles. The first-order chi connectivity index (χ1) is 6.73. The van der Waals surface area contributed by atoms with Gasteiger partial charge >= 0.3 is 0 Å². The normalized spacial score (nSPS) is 33.6. The first-order valence-electron chi connectivity index (χ1n) is 6.18. The van der Waals surface area contributed by atoms with Crippen molar-refractivity contribution >= 4 is 0 Å². The van der Waals surface area contributed by atoms with Crippen LogP contribution in [0.5, 0.6) is 0 Å². The Morgan fingerprint density at radius 2 is 2.21 bits per heavy atom. The van der Waals surface area contributed by atoms with E-state index in [-0.39, 0.29) is 0 Å². The van der Waals surface area contributed by atoms with Crippen molar-refractivity contribution in [1.29, 1.82) is 0 Å². The molecular formula is C12H24N2. The summed E-state index contributed by atoms with van der Waals surface area (Å²) in [6.07, 6.45) is 5.65. The molecule has 0 aromatic rings. The third-order valence-corrected chi connectivity index (χ3v) is 3.74. The number of nitrogens with one attached hydrogen (secondary N) is 1. The van der Waals surface area contributed by atoms with Gasteiger partial charge in [-0.2, -0.15) is 0 Å². The highest BCUT2D eigenvalue weighted by molar-refractivity contribution is 4.90. The number of hydrogen-bond acceptors (Lipinski definition) is 2. The molecule has 1 N–H and O–H groups in total. The summed E-state index contributed by atoms with van der Waals surface area (Å²) in [6.45, 7) is 9.74. The third kappa shape index (κ3) is 2.48. The number of hydrogen-bond donors (Lipinski definition) is 1. The Hall–Kier alpha value is -0.0800. The van der Waals surface area contributed by atoms with Crippen LogP contribution in [0.4, 0.5) is 0 Å². The molecule has 2 nitrogen and oxygen atoms in total. The molecular weight excluding hydrogens is 172 g/mol. The minimum atomic E-state index is 0.539. The van der Waals surface area contributed by atoms with Crippen LogP contribution in [0.15, 0.2) is 0 Å². The lowest BCUT2D eigenvalue weighted by Crippen LogP contribution is -2.46. The van der Waals surface area contributed by atoms with E-state index in [1.54, 1.807) is 0 Å². The summed E-state index contributed by atoms with van der Waals surface area (Å²) in [5.74, 6) is 0. The summed E-state index contributed by atoms with van der Waals surface area (Å²) in [5.41, 5.74) is 0.539. The molecule has 0 bridgehead atoms. The van der Waals surface area contributed by atoms with Gasteiger partial charge in [0.25, 0.3) is 0 Å². The molecule has 14 heavy (non-hydrogen) atoms. The van der Waals surface area contributed by atoms with Gasteiger partial charge in [0, 0.05) is 19.1 Å². The Bertz CT molecular complexity index is 181.